The van der Waals surface area contributed by atoms with E-state index in [9.17, 15) is 19.2 Å². The fraction of sp³-hybridized carbons (Fsp3) is 0.895. The highest BCUT2D eigenvalue weighted by atomic mass is 16.2. The zero-order chi connectivity index (χ0) is 33.9. The van der Waals surface area contributed by atoms with E-state index in [1.807, 2.05) is 0 Å². The summed E-state index contributed by atoms with van der Waals surface area (Å²) < 4.78 is 0. The highest BCUT2D eigenvalue weighted by molar-refractivity contribution is 5.89. The minimum absolute atomic E-state index is 0.0357. The number of amides is 4. The molecule has 5 N–H and O–H groups in total. The van der Waals surface area contributed by atoms with E-state index in [0.717, 1.165) is 32.1 Å². The van der Waals surface area contributed by atoms with Gasteiger partial charge in [0, 0.05) is 19.4 Å². The Hall–Kier alpha value is -2.12. The number of carbonyl (C=O) groups is 4. The molecule has 0 spiro atoms. The Morgan fingerprint density at radius 2 is 0.826 bits per heavy atom. The van der Waals surface area contributed by atoms with Crippen molar-refractivity contribution >= 4 is 23.6 Å². The summed E-state index contributed by atoms with van der Waals surface area (Å²) in [5, 5.41) is 8.14. The topological polar surface area (TPSA) is 130 Å². The lowest BCUT2D eigenvalue weighted by Gasteiger charge is -2.15. The highest BCUT2D eigenvalue weighted by Gasteiger charge is 2.18. The molecule has 0 saturated carbocycles. The number of carbonyl (C=O) groups excluding carboxylic acids is 4. The highest BCUT2D eigenvalue weighted by Crippen LogP contribution is 2.14. The van der Waals surface area contributed by atoms with Crippen LogP contribution in [0, 0.1) is 0 Å². The van der Waals surface area contributed by atoms with Gasteiger partial charge in [-0.15, -0.1) is 0 Å². The van der Waals surface area contributed by atoms with Crippen molar-refractivity contribution in [3.63, 3.8) is 0 Å². The first-order valence-corrected chi connectivity index (χ1v) is 19.5. The van der Waals surface area contributed by atoms with Crippen LogP contribution in [0.1, 0.15) is 200 Å². The van der Waals surface area contributed by atoms with Gasteiger partial charge in [-0.05, 0) is 19.3 Å². The first-order chi connectivity index (χ1) is 22.4. The van der Waals surface area contributed by atoms with E-state index in [1.54, 1.807) is 0 Å². The molecule has 0 heterocycles. The molecule has 4 amide bonds. The molecule has 8 nitrogen and oxygen atoms in total. The van der Waals surface area contributed by atoms with E-state index in [1.165, 1.54) is 128 Å². The number of hydrogen-bond acceptors (Lipinski definition) is 4. The molecule has 0 aromatic heterocycles. The Balaban J connectivity index is 3.69. The third-order valence-electron chi connectivity index (χ3n) is 8.88. The number of nitrogens with one attached hydrogen (secondary N) is 3. The first kappa shape index (κ1) is 43.9. The SMILES string of the molecule is CCCCCCCCCCCCCCCC(=O)NCCCC(=O)NCC(=O)NC(CCCCCCCCCCCCCC)C(N)=O. The van der Waals surface area contributed by atoms with Crippen LogP contribution in [0.2, 0.25) is 0 Å². The van der Waals surface area contributed by atoms with Gasteiger partial charge in [0.25, 0.3) is 0 Å². The van der Waals surface area contributed by atoms with E-state index in [-0.39, 0.29) is 24.8 Å². The van der Waals surface area contributed by atoms with Gasteiger partial charge in [-0.25, -0.2) is 0 Å². The molecule has 0 aliphatic rings. The Kier molecular flexibility index (Phi) is 32.6. The lowest BCUT2D eigenvalue weighted by atomic mass is 10.0. The maximum atomic E-state index is 12.3. The predicted molar refractivity (Wildman–Crippen MR) is 192 cm³/mol. The standard InChI is InChI=1S/C38H74N4O4/c1-3-5-7-9-11-13-15-17-19-21-23-25-27-30-35(43)40-32-28-31-36(44)41-33-37(45)42-34(38(39)46)29-26-24-22-20-18-16-14-12-10-8-6-4-2/h34H,3-33H2,1-2H3,(H2,39,46)(H,40,43)(H,41,44)(H,42,45). The van der Waals surface area contributed by atoms with Crippen molar-refractivity contribution in [2.75, 3.05) is 13.1 Å². The Morgan fingerprint density at radius 3 is 1.26 bits per heavy atom. The maximum absolute atomic E-state index is 12.3. The summed E-state index contributed by atoms with van der Waals surface area (Å²) in [5.41, 5.74) is 5.50. The summed E-state index contributed by atoms with van der Waals surface area (Å²) in [5.74, 6) is -1.18. The second-order valence-electron chi connectivity index (χ2n) is 13.4. The normalized spacial score (nSPS) is 11.7. The lowest BCUT2D eigenvalue weighted by molar-refractivity contribution is -0.128. The lowest BCUT2D eigenvalue weighted by Crippen LogP contribution is -2.47. The fourth-order valence-electron chi connectivity index (χ4n) is 5.86. The van der Waals surface area contributed by atoms with Gasteiger partial charge in [-0.3, -0.25) is 19.2 Å². The fourth-order valence-corrected chi connectivity index (χ4v) is 5.86. The smallest absolute Gasteiger partial charge is 0.240 e. The molecular weight excluding hydrogens is 576 g/mol. The minimum Gasteiger partial charge on any atom is -0.368 e. The summed E-state index contributed by atoms with van der Waals surface area (Å²) in [6.07, 6.45) is 33.2. The molecule has 0 aliphatic heterocycles. The zero-order valence-corrected chi connectivity index (χ0v) is 30.2. The minimum atomic E-state index is -0.711. The third kappa shape index (κ3) is 31.8. The third-order valence-corrected chi connectivity index (χ3v) is 8.88. The molecule has 0 bridgehead atoms. The second-order valence-corrected chi connectivity index (χ2v) is 13.4. The van der Waals surface area contributed by atoms with Crippen LogP contribution in [0.4, 0.5) is 0 Å². The van der Waals surface area contributed by atoms with Crippen molar-refractivity contribution in [1.29, 1.82) is 0 Å². The van der Waals surface area contributed by atoms with Gasteiger partial charge < -0.3 is 21.7 Å². The van der Waals surface area contributed by atoms with Gasteiger partial charge in [-0.1, -0.05) is 168 Å². The van der Waals surface area contributed by atoms with Gasteiger partial charge in [0.05, 0.1) is 6.54 Å². The first-order valence-electron chi connectivity index (χ1n) is 19.5. The molecule has 0 saturated heterocycles. The molecule has 270 valence electrons. The number of primary amides is 1. The number of rotatable bonds is 35. The van der Waals surface area contributed by atoms with E-state index in [2.05, 4.69) is 29.8 Å². The average molecular weight is 651 g/mol. The molecule has 0 aliphatic carbocycles. The number of nitrogens with two attached hydrogens (primary N) is 1. The zero-order valence-electron chi connectivity index (χ0n) is 30.2. The molecule has 0 aromatic carbocycles. The maximum Gasteiger partial charge on any atom is 0.240 e. The van der Waals surface area contributed by atoms with Crippen LogP contribution >= 0.6 is 0 Å². The molecular formula is C38H74N4O4. The molecule has 0 radical (unpaired) electrons. The van der Waals surface area contributed by atoms with Crippen LogP contribution in [0.25, 0.3) is 0 Å². The summed E-state index contributed by atoms with van der Waals surface area (Å²) in [6.45, 7) is 4.76. The Labute approximate surface area is 283 Å². The molecule has 46 heavy (non-hydrogen) atoms. The largest absolute Gasteiger partial charge is 0.368 e. The Bertz CT molecular complexity index is 746. The van der Waals surface area contributed by atoms with E-state index < -0.39 is 17.9 Å². The van der Waals surface area contributed by atoms with Crippen molar-refractivity contribution in [3.8, 4) is 0 Å². The van der Waals surface area contributed by atoms with Crippen molar-refractivity contribution in [2.24, 2.45) is 5.73 Å². The summed E-state index contributed by atoms with van der Waals surface area (Å²) >= 11 is 0. The van der Waals surface area contributed by atoms with E-state index >= 15 is 0 Å². The number of hydrogen-bond donors (Lipinski definition) is 4. The summed E-state index contributed by atoms with van der Waals surface area (Å²) in [6, 6.07) is -0.711. The van der Waals surface area contributed by atoms with Crippen LogP contribution in [-0.2, 0) is 19.2 Å². The quantitative estimate of drug-likeness (QED) is 0.0512. The average Bonchev–Trinajstić information content (AvgIpc) is 3.04. The van der Waals surface area contributed by atoms with Crippen molar-refractivity contribution < 1.29 is 19.2 Å². The van der Waals surface area contributed by atoms with E-state index in [4.69, 9.17) is 5.73 Å². The molecule has 8 heteroatoms. The molecule has 0 aromatic rings. The summed E-state index contributed by atoms with van der Waals surface area (Å²) in [7, 11) is 0. The van der Waals surface area contributed by atoms with Gasteiger partial charge in [0.15, 0.2) is 0 Å². The number of unbranched alkanes of at least 4 members (excludes halogenated alkanes) is 23. The van der Waals surface area contributed by atoms with Crippen molar-refractivity contribution in [3.05, 3.63) is 0 Å². The predicted octanol–water partition coefficient (Wildman–Crippen LogP) is 8.54. The van der Waals surface area contributed by atoms with Crippen molar-refractivity contribution in [1.82, 2.24) is 16.0 Å². The van der Waals surface area contributed by atoms with Crippen LogP contribution < -0.4 is 21.7 Å². The second kappa shape index (κ2) is 34.2. The Morgan fingerprint density at radius 1 is 0.457 bits per heavy atom. The van der Waals surface area contributed by atoms with Crippen LogP contribution in [-0.4, -0.2) is 42.8 Å². The van der Waals surface area contributed by atoms with Gasteiger partial charge in [-0.2, -0.15) is 0 Å². The molecule has 0 rings (SSSR count). The van der Waals surface area contributed by atoms with Gasteiger partial charge >= 0.3 is 0 Å². The monoisotopic (exact) mass is 651 g/mol. The van der Waals surface area contributed by atoms with Crippen LogP contribution in [0.3, 0.4) is 0 Å². The molecule has 1 atom stereocenters. The molecule has 1 unspecified atom stereocenters. The van der Waals surface area contributed by atoms with Gasteiger partial charge in [0.1, 0.15) is 6.04 Å². The van der Waals surface area contributed by atoms with Crippen LogP contribution in [0.5, 0.6) is 0 Å². The molecule has 0 fully saturated rings. The summed E-state index contributed by atoms with van der Waals surface area (Å²) in [4.78, 5) is 48.3. The van der Waals surface area contributed by atoms with E-state index in [0.29, 0.717) is 25.8 Å². The van der Waals surface area contributed by atoms with Crippen molar-refractivity contribution in [2.45, 2.75) is 206 Å². The van der Waals surface area contributed by atoms with Crippen LogP contribution in [0.15, 0.2) is 0 Å². The van der Waals surface area contributed by atoms with Gasteiger partial charge in [0.2, 0.25) is 23.6 Å².